The van der Waals surface area contributed by atoms with E-state index in [4.69, 9.17) is 0 Å². The molecule has 1 heterocycles. The Balaban J connectivity index is 1.87. The predicted octanol–water partition coefficient (Wildman–Crippen LogP) is 3.47. The molecule has 4 heteroatoms. The van der Waals surface area contributed by atoms with Gasteiger partial charge in [0.1, 0.15) is 6.04 Å². The van der Waals surface area contributed by atoms with Gasteiger partial charge < -0.3 is 10.2 Å². The van der Waals surface area contributed by atoms with Gasteiger partial charge in [-0.3, -0.25) is 9.59 Å². The molecule has 2 aromatic rings. The number of nitrogens with zero attached hydrogens (tertiary/aromatic N) is 1. The van der Waals surface area contributed by atoms with Crippen molar-refractivity contribution in [3.8, 4) is 0 Å². The summed E-state index contributed by atoms with van der Waals surface area (Å²) >= 11 is 0. The molecule has 0 saturated heterocycles. The van der Waals surface area contributed by atoms with Crippen LogP contribution in [0.25, 0.3) is 0 Å². The van der Waals surface area contributed by atoms with E-state index in [9.17, 15) is 9.59 Å². The summed E-state index contributed by atoms with van der Waals surface area (Å²) in [6.45, 7) is 5.33. The molecule has 26 heavy (non-hydrogen) atoms. The van der Waals surface area contributed by atoms with E-state index in [1.165, 1.54) is 0 Å². The highest BCUT2D eigenvalue weighted by molar-refractivity contribution is 5.92. The Morgan fingerprint density at radius 3 is 2.54 bits per heavy atom. The second-order valence-corrected chi connectivity index (χ2v) is 7.26. The van der Waals surface area contributed by atoms with Crippen LogP contribution in [0.4, 0.5) is 0 Å². The van der Waals surface area contributed by atoms with Gasteiger partial charge in [0, 0.05) is 13.1 Å². The van der Waals surface area contributed by atoms with Gasteiger partial charge in [0.2, 0.25) is 11.8 Å². The third kappa shape index (κ3) is 4.13. The van der Waals surface area contributed by atoms with Gasteiger partial charge in [-0.1, -0.05) is 68.4 Å². The second-order valence-electron chi connectivity index (χ2n) is 7.26. The van der Waals surface area contributed by atoms with Crippen molar-refractivity contribution >= 4 is 11.8 Å². The van der Waals surface area contributed by atoms with Gasteiger partial charge in [0.25, 0.3) is 0 Å². The third-order valence-electron chi connectivity index (χ3n) is 4.79. The van der Waals surface area contributed by atoms with Crippen LogP contribution in [-0.2, 0) is 22.6 Å². The summed E-state index contributed by atoms with van der Waals surface area (Å²) in [6, 6.07) is 17.0. The Morgan fingerprint density at radius 2 is 1.81 bits per heavy atom. The zero-order valence-electron chi connectivity index (χ0n) is 15.4. The van der Waals surface area contributed by atoms with Crippen LogP contribution in [0.3, 0.4) is 0 Å². The highest BCUT2D eigenvalue weighted by Crippen LogP contribution is 2.32. The van der Waals surface area contributed by atoms with E-state index in [0.29, 0.717) is 25.4 Å². The van der Waals surface area contributed by atoms with Crippen LogP contribution in [0.1, 0.15) is 43.0 Å². The molecule has 4 nitrogen and oxygen atoms in total. The number of hydrogen-bond acceptors (Lipinski definition) is 2. The molecule has 1 unspecified atom stereocenters. The van der Waals surface area contributed by atoms with E-state index in [0.717, 1.165) is 23.1 Å². The predicted molar refractivity (Wildman–Crippen MR) is 102 cm³/mol. The van der Waals surface area contributed by atoms with Crippen molar-refractivity contribution in [2.45, 2.75) is 39.3 Å². The quantitative estimate of drug-likeness (QED) is 0.867. The Morgan fingerprint density at radius 1 is 1.12 bits per heavy atom. The van der Waals surface area contributed by atoms with Crippen molar-refractivity contribution in [2.24, 2.45) is 5.92 Å². The highest BCUT2D eigenvalue weighted by Gasteiger charge is 2.36. The van der Waals surface area contributed by atoms with Gasteiger partial charge in [-0.05, 0) is 29.0 Å². The van der Waals surface area contributed by atoms with Crippen LogP contribution in [0.2, 0.25) is 0 Å². The number of rotatable bonds is 6. The number of carbonyl (C=O) groups is 2. The average molecular weight is 350 g/mol. The van der Waals surface area contributed by atoms with E-state index in [1.54, 1.807) is 4.90 Å². The first-order valence-electron chi connectivity index (χ1n) is 9.25. The Kier molecular flexibility index (Phi) is 5.71. The van der Waals surface area contributed by atoms with Gasteiger partial charge in [-0.25, -0.2) is 0 Å². The second kappa shape index (κ2) is 8.17. The van der Waals surface area contributed by atoms with E-state index >= 15 is 0 Å². The highest BCUT2D eigenvalue weighted by atomic mass is 16.2. The lowest BCUT2D eigenvalue weighted by atomic mass is 9.91. The van der Waals surface area contributed by atoms with Gasteiger partial charge >= 0.3 is 0 Å². The van der Waals surface area contributed by atoms with Crippen LogP contribution in [0.15, 0.2) is 54.6 Å². The molecule has 2 amide bonds. The fourth-order valence-electron chi connectivity index (χ4n) is 3.36. The average Bonchev–Trinajstić information content (AvgIpc) is 2.62. The monoisotopic (exact) mass is 350 g/mol. The van der Waals surface area contributed by atoms with Gasteiger partial charge in [-0.15, -0.1) is 0 Å². The number of fused-ring (bicyclic) bond motifs is 1. The minimum atomic E-state index is -0.570. The first kappa shape index (κ1) is 18.2. The first-order chi connectivity index (χ1) is 12.6. The van der Waals surface area contributed by atoms with Crippen LogP contribution in [0.5, 0.6) is 0 Å². The van der Waals surface area contributed by atoms with Crippen molar-refractivity contribution in [1.29, 1.82) is 0 Å². The lowest BCUT2D eigenvalue weighted by Gasteiger charge is -2.36. The Labute approximate surface area is 155 Å². The molecule has 0 aromatic heterocycles. The van der Waals surface area contributed by atoms with Crippen molar-refractivity contribution in [2.75, 3.05) is 6.54 Å². The van der Waals surface area contributed by atoms with Crippen molar-refractivity contribution in [1.82, 2.24) is 10.2 Å². The van der Waals surface area contributed by atoms with E-state index < -0.39 is 6.04 Å². The van der Waals surface area contributed by atoms with E-state index in [1.807, 2.05) is 54.6 Å². The lowest BCUT2D eigenvalue weighted by Crippen LogP contribution is -2.47. The Hall–Kier alpha value is -2.62. The van der Waals surface area contributed by atoms with Crippen molar-refractivity contribution in [3.63, 3.8) is 0 Å². The standard InChI is InChI=1S/C22H26N2O2/c1-16(2)12-13-23-22(26)21-19-11-7-6-10-18(19)14-20(25)24(21)15-17-8-4-3-5-9-17/h3-11,16,21H,12-15H2,1-2H3,(H,23,26). The molecular weight excluding hydrogens is 324 g/mol. The third-order valence-corrected chi connectivity index (χ3v) is 4.79. The molecule has 1 N–H and O–H groups in total. The number of nitrogens with one attached hydrogen (secondary N) is 1. The van der Waals surface area contributed by atoms with Crippen LogP contribution < -0.4 is 5.32 Å². The topological polar surface area (TPSA) is 49.4 Å². The number of hydrogen-bond donors (Lipinski definition) is 1. The van der Waals surface area contributed by atoms with Crippen LogP contribution >= 0.6 is 0 Å². The molecule has 2 aromatic carbocycles. The summed E-state index contributed by atoms with van der Waals surface area (Å²) in [5.74, 6) is 0.426. The minimum Gasteiger partial charge on any atom is -0.354 e. The summed E-state index contributed by atoms with van der Waals surface area (Å²) in [7, 11) is 0. The molecule has 0 fully saturated rings. The van der Waals surface area contributed by atoms with Crippen molar-refractivity contribution < 1.29 is 9.59 Å². The van der Waals surface area contributed by atoms with Crippen molar-refractivity contribution in [3.05, 3.63) is 71.3 Å². The molecule has 0 radical (unpaired) electrons. The van der Waals surface area contributed by atoms with Gasteiger partial charge in [0.05, 0.1) is 6.42 Å². The summed E-state index contributed by atoms with van der Waals surface area (Å²) in [5, 5.41) is 3.03. The number of carbonyl (C=O) groups excluding carboxylic acids is 2. The summed E-state index contributed by atoms with van der Waals surface area (Å²) in [5.41, 5.74) is 2.91. The largest absolute Gasteiger partial charge is 0.354 e. The smallest absolute Gasteiger partial charge is 0.247 e. The molecule has 1 atom stereocenters. The first-order valence-corrected chi connectivity index (χ1v) is 9.25. The molecule has 3 rings (SSSR count). The maximum atomic E-state index is 13.0. The molecule has 0 aliphatic carbocycles. The molecule has 0 saturated carbocycles. The zero-order valence-corrected chi connectivity index (χ0v) is 15.4. The van der Waals surface area contributed by atoms with E-state index in [2.05, 4.69) is 19.2 Å². The maximum absolute atomic E-state index is 13.0. The molecule has 0 spiro atoms. The fourth-order valence-corrected chi connectivity index (χ4v) is 3.36. The summed E-state index contributed by atoms with van der Waals surface area (Å²) < 4.78 is 0. The maximum Gasteiger partial charge on any atom is 0.247 e. The summed E-state index contributed by atoms with van der Waals surface area (Å²) in [6.07, 6.45) is 1.27. The molecule has 1 aliphatic heterocycles. The minimum absolute atomic E-state index is 0.00318. The molecule has 0 bridgehead atoms. The normalized spacial score (nSPS) is 16.5. The fraction of sp³-hybridized carbons (Fsp3) is 0.364. The molecular formula is C22H26N2O2. The number of amides is 2. The SMILES string of the molecule is CC(C)CCNC(=O)C1c2ccccc2CC(=O)N1Cc1ccccc1. The lowest BCUT2D eigenvalue weighted by molar-refractivity contribution is -0.142. The van der Waals surface area contributed by atoms with Gasteiger partial charge in [-0.2, -0.15) is 0 Å². The van der Waals surface area contributed by atoms with Crippen LogP contribution in [0, 0.1) is 5.92 Å². The van der Waals surface area contributed by atoms with Gasteiger partial charge in [0.15, 0.2) is 0 Å². The summed E-state index contributed by atoms with van der Waals surface area (Å²) in [4.78, 5) is 27.5. The Bertz CT molecular complexity index is 771. The molecule has 136 valence electrons. The van der Waals surface area contributed by atoms with E-state index in [-0.39, 0.29) is 11.8 Å². The van der Waals surface area contributed by atoms with Crippen LogP contribution in [-0.4, -0.2) is 23.3 Å². The zero-order chi connectivity index (χ0) is 18.5. The number of benzene rings is 2. The molecule has 1 aliphatic rings.